The van der Waals surface area contributed by atoms with E-state index in [9.17, 15) is 19.7 Å². The number of nitro groups is 1. The summed E-state index contributed by atoms with van der Waals surface area (Å²) in [6.07, 6.45) is 1.39. The van der Waals surface area contributed by atoms with Crippen LogP contribution in [0.15, 0.2) is 30.4 Å². The van der Waals surface area contributed by atoms with Crippen LogP contribution >= 0.6 is 0 Å². The van der Waals surface area contributed by atoms with Crippen LogP contribution in [-0.4, -0.2) is 27.0 Å². The maximum absolute atomic E-state index is 11.2. The number of nitrogens with one attached hydrogen (secondary N) is 1. The van der Waals surface area contributed by atoms with Gasteiger partial charge in [-0.25, -0.2) is 4.79 Å². The molecule has 0 radical (unpaired) electrons. The predicted molar refractivity (Wildman–Crippen MR) is 60.2 cm³/mol. The summed E-state index contributed by atoms with van der Waals surface area (Å²) in [6.45, 7) is 0. The third-order valence-electron chi connectivity index (χ3n) is 1.82. The quantitative estimate of drug-likeness (QED) is 0.315. The first kappa shape index (κ1) is 13.2. The number of rotatable bonds is 4. The molecule has 0 unspecified atom stereocenters. The van der Waals surface area contributed by atoms with Gasteiger partial charge in [-0.1, -0.05) is 0 Å². The van der Waals surface area contributed by atoms with Crippen molar-refractivity contribution in [3.8, 4) is 5.75 Å². The zero-order valence-electron chi connectivity index (χ0n) is 8.86. The molecular weight excluding hydrogens is 244 g/mol. The monoisotopic (exact) mass is 252 g/mol. The molecule has 0 bridgehead atoms. The van der Waals surface area contributed by atoms with Gasteiger partial charge in [-0.2, -0.15) is 0 Å². The SMILES string of the molecule is O=C(O)C=CC(=O)Nc1ccc(O)c([N+](=O)[O-])c1. The number of carboxylic acid groups (broad SMARTS) is 1. The molecule has 0 aliphatic carbocycles. The Bertz CT molecular complexity index is 537. The number of carbonyl (C=O) groups is 2. The third kappa shape index (κ3) is 3.59. The summed E-state index contributed by atoms with van der Waals surface area (Å²) in [4.78, 5) is 31.1. The molecule has 0 heterocycles. The van der Waals surface area contributed by atoms with Crippen LogP contribution in [0.3, 0.4) is 0 Å². The Labute approximate surface area is 100 Å². The lowest BCUT2D eigenvalue weighted by Crippen LogP contribution is -2.08. The van der Waals surface area contributed by atoms with Crippen LogP contribution in [0.5, 0.6) is 5.75 Å². The number of benzene rings is 1. The highest BCUT2D eigenvalue weighted by atomic mass is 16.6. The van der Waals surface area contributed by atoms with E-state index in [0.29, 0.717) is 6.08 Å². The number of nitrogens with zero attached hydrogens (tertiary/aromatic N) is 1. The highest BCUT2D eigenvalue weighted by molar-refractivity contribution is 6.02. The molecule has 0 spiro atoms. The van der Waals surface area contributed by atoms with Crippen LogP contribution in [0.25, 0.3) is 0 Å². The maximum atomic E-state index is 11.2. The van der Waals surface area contributed by atoms with E-state index in [2.05, 4.69) is 5.32 Å². The number of anilines is 1. The Morgan fingerprint density at radius 2 is 2.00 bits per heavy atom. The second-order valence-electron chi connectivity index (χ2n) is 3.12. The van der Waals surface area contributed by atoms with Crippen LogP contribution < -0.4 is 5.32 Å². The summed E-state index contributed by atoms with van der Waals surface area (Å²) in [6, 6.07) is 3.26. The smallest absolute Gasteiger partial charge is 0.328 e. The topological polar surface area (TPSA) is 130 Å². The van der Waals surface area contributed by atoms with E-state index in [1.54, 1.807) is 0 Å². The molecule has 0 atom stereocenters. The minimum Gasteiger partial charge on any atom is -0.502 e. The van der Waals surface area contributed by atoms with Crippen molar-refractivity contribution in [2.24, 2.45) is 0 Å². The molecule has 0 aliphatic rings. The molecule has 0 saturated heterocycles. The maximum Gasteiger partial charge on any atom is 0.328 e. The lowest BCUT2D eigenvalue weighted by Gasteiger charge is -2.02. The Morgan fingerprint density at radius 3 is 2.56 bits per heavy atom. The van der Waals surface area contributed by atoms with Crippen molar-refractivity contribution in [2.45, 2.75) is 0 Å². The molecule has 1 amide bonds. The van der Waals surface area contributed by atoms with E-state index < -0.39 is 28.2 Å². The van der Waals surface area contributed by atoms with Crippen molar-refractivity contribution in [1.82, 2.24) is 0 Å². The van der Waals surface area contributed by atoms with Gasteiger partial charge in [0.1, 0.15) is 0 Å². The normalized spacial score (nSPS) is 10.2. The number of hydrogen-bond donors (Lipinski definition) is 3. The second kappa shape index (κ2) is 5.43. The first-order valence-corrected chi connectivity index (χ1v) is 4.59. The van der Waals surface area contributed by atoms with Crippen LogP contribution in [-0.2, 0) is 9.59 Å². The molecule has 0 aliphatic heterocycles. The minimum atomic E-state index is -1.29. The van der Waals surface area contributed by atoms with E-state index in [4.69, 9.17) is 10.2 Å². The van der Waals surface area contributed by atoms with Gasteiger partial charge >= 0.3 is 11.7 Å². The number of nitro benzene ring substituents is 1. The summed E-state index contributed by atoms with van der Waals surface area (Å²) in [5, 5.41) is 30.2. The molecule has 0 aromatic heterocycles. The fourth-order valence-electron chi connectivity index (χ4n) is 1.08. The second-order valence-corrected chi connectivity index (χ2v) is 3.12. The van der Waals surface area contributed by atoms with Gasteiger partial charge in [0.15, 0.2) is 5.75 Å². The molecule has 3 N–H and O–H groups in total. The summed E-state index contributed by atoms with van der Waals surface area (Å²) in [5.74, 6) is -2.57. The van der Waals surface area contributed by atoms with Crippen LogP contribution in [0, 0.1) is 10.1 Å². The molecule has 8 nitrogen and oxygen atoms in total. The van der Waals surface area contributed by atoms with E-state index in [0.717, 1.165) is 18.2 Å². The van der Waals surface area contributed by atoms with Crippen LogP contribution in [0.4, 0.5) is 11.4 Å². The van der Waals surface area contributed by atoms with Crippen LogP contribution in [0.1, 0.15) is 0 Å². The van der Waals surface area contributed by atoms with Crippen molar-refractivity contribution >= 4 is 23.3 Å². The number of carboxylic acids is 1. The average Bonchev–Trinajstić information content (AvgIpc) is 2.28. The van der Waals surface area contributed by atoms with Crippen molar-refractivity contribution < 1.29 is 24.7 Å². The first-order chi connectivity index (χ1) is 8.40. The molecule has 0 fully saturated rings. The fraction of sp³-hybridized carbons (Fsp3) is 0. The zero-order chi connectivity index (χ0) is 13.7. The minimum absolute atomic E-state index is 0.0690. The van der Waals surface area contributed by atoms with Gasteiger partial charge in [0.25, 0.3) is 0 Å². The number of phenolic OH excluding ortho intramolecular Hbond substituents is 1. The number of amides is 1. The number of aliphatic carboxylic acids is 1. The number of phenols is 1. The van der Waals surface area contributed by atoms with Crippen molar-refractivity contribution in [3.05, 3.63) is 40.5 Å². The predicted octanol–water partition coefficient (Wildman–Crippen LogP) is 0.880. The molecule has 8 heteroatoms. The average molecular weight is 252 g/mol. The summed E-state index contributed by atoms with van der Waals surface area (Å²) in [7, 11) is 0. The molecule has 0 saturated carbocycles. The van der Waals surface area contributed by atoms with Crippen molar-refractivity contribution in [2.75, 3.05) is 5.32 Å². The lowest BCUT2D eigenvalue weighted by molar-refractivity contribution is -0.385. The van der Waals surface area contributed by atoms with Crippen molar-refractivity contribution in [3.63, 3.8) is 0 Å². The third-order valence-corrected chi connectivity index (χ3v) is 1.82. The first-order valence-electron chi connectivity index (χ1n) is 4.59. The Balaban J connectivity index is 2.86. The molecular formula is C10H8N2O6. The molecule has 1 aromatic rings. The van der Waals surface area contributed by atoms with Gasteiger partial charge < -0.3 is 15.5 Å². The fourth-order valence-corrected chi connectivity index (χ4v) is 1.08. The molecule has 94 valence electrons. The standard InChI is InChI=1S/C10H8N2O6/c13-8-2-1-6(5-7(8)12(17)18)11-9(14)3-4-10(15)16/h1-5,13H,(H,11,14)(H,15,16). The Morgan fingerprint density at radius 1 is 1.33 bits per heavy atom. The van der Waals surface area contributed by atoms with Crippen LogP contribution in [0.2, 0.25) is 0 Å². The van der Waals surface area contributed by atoms with Gasteiger partial charge in [-0.05, 0) is 12.1 Å². The highest BCUT2D eigenvalue weighted by Crippen LogP contribution is 2.28. The molecule has 18 heavy (non-hydrogen) atoms. The summed E-state index contributed by atoms with van der Waals surface area (Å²) in [5.41, 5.74) is -0.491. The highest BCUT2D eigenvalue weighted by Gasteiger charge is 2.14. The van der Waals surface area contributed by atoms with Crippen molar-refractivity contribution in [1.29, 1.82) is 0 Å². The zero-order valence-corrected chi connectivity index (χ0v) is 8.86. The van der Waals surface area contributed by atoms with E-state index >= 15 is 0 Å². The number of hydrogen-bond acceptors (Lipinski definition) is 5. The Hall–Kier alpha value is -2.90. The van der Waals surface area contributed by atoms with Gasteiger partial charge in [0.05, 0.1) is 4.92 Å². The molecule has 1 rings (SSSR count). The van der Waals surface area contributed by atoms with Gasteiger partial charge in [0, 0.05) is 23.9 Å². The lowest BCUT2D eigenvalue weighted by atomic mass is 10.2. The van der Waals surface area contributed by atoms with Gasteiger partial charge in [-0.3, -0.25) is 14.9 Å². The summed E-state index contributed by atoms with van der Waals surface area (Å²) >= 11 is 0. The number of aromatic hydroxyl groups is 1. The summed E-state index contributed by atoms with van der Waals surface area (Å²) < 4.78 is 0. The molecule has 1 aromatic carbocycles. The largest absolute Gasteiger partial charge is 0.502 e. The van der Waals surface area contributed by atoms with E-state index in [1.165, 1.54) is 6.07 Å². The van der Waals surface area contributed by atoms with E-state index in [1.807, 2.05) is 0 Å². The van der Waals surface area contributed by atoms with Gasteiger partial charge in [0.2, 0.25) is 5.91 Å². The number of carbonyl (C=O) groups excluding carboxylic acids is 1. The Kier molecular flexibility index (Phi) is 3.98. The van der Waals surface area contributed by atoms with E-state index in [-0.39, 0.29) is 5.69 Å². The van der Waals surface area contributed by atoms with Gasteiger partial charge in [-0.15, -0.1) is 0 Å².